The fourth-order valence-electron chi connectivity index (χ4n) is 2.10. The molecule has 1 aromatic heterocycles. The first-order valence-corrected chi connectivity index (χ1v) is 7.32. The first-order valence-electron chi connectivity index (χ1n) is 6.44. The van der Waals surface area contributed by atoms with Crippen LogP contribution >= 0.6 is 11.8 Å². The Bertz CT molecular complexity index is 551. The average Bonchev–Trinajstić information content (AvgIpc) is 3.08. The van der Waals surface area contributed by atoms with Crippen LogP contribution in [0.25, 0.3) is 4.91 Å². The molecule has 1 aliphatic rings. The van der Waals surface area contributed by atoms with E-state index in [1.54, 1.807) is 18.0 Å². The van der Waals surface area contributed by atoms with Crippen LogP contribution in [0.3, 0.4) is 0 Å². The van der Waals surface area contributed by atoms with Crippen LogP contribution in [0.15, 0.2) is 47.1 Å². The van der Waals surface area contributed by atoms with E-state index in [0.29, 0.717) is 5.37 Å². The maximum Gasteiger partial charge on any atom is 0.175 e. The molecule has 0 spiro atoms. The number of rotatable bonds is 4. The number of benzene rings is 1. The SMILES string of the molecule is CCCC1SC(c2ccno2)=[C]N1c1ccccc1. The Balaban J connectivity index is 1.90. The van der Waals surface area contributed by atoms with E-state index in [0.717, 1.165) is 23.5 Å². The molecule has 97 valence electrons. The zero-order chi connectivity index (χ0) is 13.1. The van der Waals surface area contributed by atoms with Crippen molar-refractivity contribution in [3.63, 3.8) is 0 Å². The molecule has 0 bridgehead atoms. The van der Waals surface area contributed by atoms with E-state index < -0.39 is 0 Å². The maximum absolute atomic E-state index is 5.23. The van der Waals surface area contributed by atoms with Gasteiger partial charge in [0.2, 0.25) is 0 Å². The normalized spacial score (nSPS) is 18.7. The van der Waals surface area contributed by atoms with Crippen molar-refractivity contribution in [2.75, 3.05) is 4.90 Å². The van der Waals surface area contributed by atoms with Gasteiger partial charge < -0.3 is 9.42 Å². The topological polar surface area (TPSA) is 29.3 Å². The van der Waals surface area contributed by atoms with E-state index in [4.69, 9.17) is 4.52 Å². The van der Waals surface area contributed by atoms with Gasteiger partial charge in [0.15, 0.2) is 5.76 Å². The highest BCUT2D eigenvalue weighted by atomic mass is 32.2. The number of hydrogen-bond acceptors (Lipinski definition) is 4. The van der Waals surface area contributed by atoms with Crippen LogP contribution in [0.4, 0.5) is 5.69 Å². The van der Waals surface area contributed by atoms with Crippen molar-refractivity contribution in [1.82, 2.24) is 5.16 Å². The van der Waals surface area contributed by atoms with E-state index in [9.17, 15) is 0 Å². The molecule has 1 unspecified atom stereocenters. The Morgan fingerprint density at radius 3 is 2.84 bits per heavy atom. The number of hydrogen-bond donors (Lipinski definition) is 0. The van der Waals surface area contributed by atoms with E-state index in [2.05, 4.69) is 47.4 Å². The third-order valence-corrected chi connectivity index (χ3v) is 4.24. The van der Waals surface area contributed by atoms with Crippen LogP contribution in [0.5, 0.6) is 0 Å². The summed E-state index contributed by atoms with van der Waals surface area (Å²) in [4.78, 5) is 3.23. The lowest BCUT2D eigenvalue weighted by Crippen LogP contribution is -2.24. The van der Waals surface area contributed by atoms with Crippen molar-refractivity contribution in [1.29, 1.82) is 0 Å². The van der Waals surface area contributed by atoms with Crippen molar-refractivity contribution in [3.8, 4) is 0 Å². The van der Waals surface area contributed by atoms with Gasteiger partial charge in [-0.3, -0.25) is 0 Å². The summed E-state index contributed by atoms with van der Waals surface area (Å²) in [5, 5.41) is 4.15. The number of anilines is 1. The minimum Gasteiger partial charge on any atom is -0.356 e. The molecule has 0 aliphatic carbocycles. The summed E-state index contributed by atoms with van der Waals surface area (Å²) in [6, 6.07) is 12.2. The highest BCUT2D eigenvalue weighted by Crippen LogP contribution is 2.42. The van der Waals surface area contributed by atoms with Gasteiger partial charge in [-0.2, -0.15) is 0 Å². The van der Waals surface area contributed by atoms with E-state index >= 15 is 0 Å². The van der Waals surface area contributed by atoms with Gasteiger partial charge in [0.25, 0.3) is 0 Å². The lowest BCUT2D eigenvalue weighted by atomic mass is 10.2. The first-order chi connectivity index (χ1) is 9.38. The predicted molar refractivity (Wildman–Crippen MR) is 78.4 cm³/mol. The van der Waals surface area contributed by atoms with Crippen molar-refractivity contribution < 1.29 is 4.52 Å². The predicted octanol–water partition coefficient (Wildman–Crippen LogP) is 4.16. The highest BCUT2D eigenvalue weighted by Gasteiger charge is 2.28. The average molecular weight is 271 g/mol. The highest BCUT2D eigenvalue weighted by molar-refractivity contribution is 8.09. The van der Waals surface area contributed by atoms with E-state index in [1.165, 1.54) is 5.69 Å². The molecular formula is C15H15N2OS. The molecule has 3 rings (SSSR count). The fraction of sp³-hybridized carbons (Fsp3) is 0.267. The molecule has 0 saturated carbocycles. The fourth-order valence-corrected chi connectivity index (χ4v) is 3.37. The van der Waals surface area contributed by atoms with Crippen molar-refractivity contribution in [3.05, 3.63) is 54.6 Å². The standard InChI is InChI=1S/C15H15N2OS/c1-2-6-15-17(12-7-4-3-5-8-12)11-14(19-15)13-9-10-16-18-13/h3-5,7-10,15H,2,6H2,1H3. The first kappa shape index (κ1) is 12.4. The molecule has 0 fully saturated rings. The zero-order valence-electron chi connectivity index (χ0n) is 10.7. The van der Waals surface area contributed by atoms with Gasteiger partial charge in [0, 0.05) is 11.8 Å². The zero-order valence-corrected chi connectivity index (χ0v) is 11.6. The molecule has 3 nitrogen and oxygen atoms in total. The van der Waals surface area contributed by atoms with Gasteiger partial charge in [0.05, 0.1) is 22.7 Å². The minimum atomic E-state index is 0.382. The van der Waals surface area contributed by atoms with E-state index in [-0.39, 0.29) is 0 Å². The second-order valence-electron chi connectivity index (χ2n) is 4.38. The third kappa shape index (κ3) is 2.54. The molecule has 0 saturated heterocycles. The Kier molecular flexibility index (Phi) is 3.60. The van der Waals surface area contributed by atoms with Crippen molar-refractivity contribution in [2.24, 2.45) is 0 Å². The monoisotopic (exact) mass is 271 g/mol. The van der Waals surface area contributed by atoms with Gasteiger partial charge in [-0.05, 0) is 18.6 Å². The van der Waals surface area contributed by atoms with Crippen LogP contribution < -0.4 is 4.90 Å². The van der Waals surface area contributed by atoms with Crippen LogP contribution in [0.2, 0.25) is 0 Å². The number of para-hydroxylation sites is 1. The number of aromatic nitrogens is 1. The molecule has 1 atom stereocenters. The summed E-state index contributed by atoms with van der Waals surface area (Å²) in [6.07, 6.45) is 7.36. The lowest BCUT2D eigenvalue weighted by Gasteiger charge is -2.23. The summed E-state index contributed by atoms with van der Waals surface area (Å²) in [5.41, 5.74) is 1.17. The van der Waals surface area contributed by atoms with Crippen LogP contribution in [-0.2, 0) is 0 Å². The molecule has 0 amide bonds. The molecule has 2 aromatic rings. The summed E-state index contributed by atoms with van der Waals surface area (Å²) in [5.74, 6) is 0.796. The Morgan fingerprint density at radius 2 is 2.16 bits per heavy atom. The van der Waals surface area contributed by atoms with Crippen molar-refractivity contribution in [2.45, 2.75) is 25.1 Å². The molecule has 0 N–H and O–H groups in total. The van der Waals surface area contributed by atoms with Crippen LogP contribution in [0, 0.1) is 6.20 Å². The van der Waals surface area contributed by atoms with Gasteiger partial charge in [0.1, 0.15) is 0 Å². The van der Waals surface area contributed by atoms with E-state index in [1.807, 2.05) is 12.1 Å². The number of nitrogens with zero attached hydrogens (tertiary/aromatic N) is 2. The van der Waals surface area contributed by atoms with Crippen LogP contribution in [0.1, 0.15) is 25.5 Å². The molecule has 19 heavy (non-hydrogen) atoms. The summed E-state index contributed by atoms with van der Waals surface area (Å²) >= 11 is 1.79. The Labute approximate surface area is 117 Å². The van der Waals surface area contributed by atoms with Crippen molar-refractivity contribution >= 4 is 22.4 Å². The molecule has 2 heterocycles. The molecular weight excluding hydrogens is 256 g/mol. The minimum absolute atomic E-state index is 0.382. The summed E-state index contributed by atoms with van der Waals surface area (Å²) in [7, 11) is 0. The lowest BCUT2D eigenvalue weighted by molar-refractivity contribution is 0.412. The smallest absolute Gasteiger partial charge is 0.175 e. The summed E-state index contributed by atoms with van der Waals surface area (Å²) in [6.45, 7) is 2.20. The third-order valence-electron chi connectivity index (χ3n) is 3.00. The maximum atomic E-state index is 5.23. The molecule has 1 aliphatic heterocycles. The Morgan fingerprint density at radius 1 is 1.32 bits per heavy atom. The second-order valence-corrected chi connectivity index (χ2v) is 5.57. The largest absolute Gasteiger partial charge is 0.356 e. The van der Waals surface area contributed by atoms with Gasteiger partial charge in [-0.1, -0.05) is 48.5 Å². The van der Waals surface area contributed by atoms with Gasteiger partial charge in [-0.15, -0.1) is 0 Å². The Hall–Kier alpha value is -1.68. The molecule has 1 radical (unpaired) electrons. The molecule has 1 aromatic carbocycles. The second kappa shape index (κ2) is 5.53. The number of thioether (sulfide) groups is 1. The molecule has 4 heteroatoms. The van der Waals surface area contributed by atoms with Gasteiger partial charge in [-0.25, -0.2) is 0 Å². The quantitative estimate of drug-likeness (QED) is 0.835. The van der Waals surface area contributed by atoms with Crippen LogP contribution in [-0.4, -0.2) is 10.5 Å². The summed E-state index contributed by atoms with van der Waals surface area (Å²) < 4.78 is 5.23. The van der Waals surface area contributed by atoms with Gasteiger partial charge >= 0.3 is 0 Å².